The molecule has 0 spiro atoms. The summed E-state index contributed by atoms with van der Waals surface area (Å²) in [6.07, 6.45) is 9.27. The molecule has 0 bridgehead atoms. The van der Waals surface area contributed by atoms with E-state index in [1.807, 2.05) is 6.92 Å². The molecule has 24 heavy (non-hydrogen) atoms. The van der Waals surface area contributed by atoms with Gasteiger partial charge >= 0.3 is 0 Å². The van der Waals surface area contributed by atoms with Crippen LogP contribution in [0.1, 0.15) is 62.4 Å². The topological polar surface area (TPSA) is 62.6 Å². The van der Waals surface area contributed by atoms with Crippen LogP contribution in [0, 0.1) is 5.92 Å². The summed E-state index contributed by atoms with van der Waals surface area (Å²) in [4.78, 5) is 27.0. The highest BCUT2D eigenvalue weighted by Gasteiger charge is 2.33. The van der Waals surface area contributed by atoms with Crippen LogP contribution in [0.3, 0.4) is 0 Å². The first-order chi connectivity index (χ1) is 11.6. The summed E-state index contributed by atoms with van der Waals surface area (Å²) in [6, 6.07) is 3.87. The van der Waals surface area contributed by atoms with Gasteiger partial charge in [0.1, 0.15) is 0 Å². The third kappa shape index (κ3) is 4.26. The number of hydrogen-bond acceptors (Lipinski definition) is 4. The van der Waals surface area contributed by atoms with E-state index in [0.717, 1.165) is 19.5 Å². The first-order valence-electron chi connectivity index (χ1n) is 9.24. The molecule has 5 nitrogen and oxygen atoms in total. The Kier molecular flexibility index (Phi) is 5.72. The smallest absolute Gasteiger partial charge is 0.224 e. The van der Waals surface area contributed by atoms with Crippen molar-refractivity contribution in [3.8, 4) is 0 Å². The molecule has 1 aromatic rings. The van der Waals surface area contributed by atoms with E-state index in [-0.39, 0.29) is 30.1 Å². The minimum atomic E-state index is -0.168. The molecule has 0 radical (unpaired) electrons. The zero-order valence-electron chi connectivity index (χ0n) is 14.5. The maximum absolute atomic E-state index is 12.5. The largest absolute Gasteiger partial charge is 0.461 e. The van der Waals surface area contributed by atoms with Gasteiger partial charge in [0.05, 0.1) is 12.2 Å². The van der Waals surface area contributed by atoms with Gasteiger partial charge in [-0.05, 0) is 44.9 Å². The number of carbonyl (C=O) groups excluding carboxylic acids is 2. The van der Waals surface area contributed by atoms with E-state index in [4.69, 9.17) is 4.42 Å². The number of hydrogen-bond donors (Lipinski definition) is 1. The van der Waals surface area contributed by atoms with E-state index in [2.05, 4.69) is 10.2 Å². The van der Waals surface area contributed by atoms with Crippen molar-refractivity contribution < 1.29 is 14.0 Å². The molecule has 2 atom stereocenters. The van der Waals surface area contributed by atoms with Crippen molar-refractivity contribution in [3.63, 3.8) is 0 Å². The maximum Gasteiger partial charge on any atom is 0.224 e. The Hall–Kier alpha value is -1.62. The van der Waals surface area contributed by atoms with Crippen LogP contribution >= 0.6 is 0 Å². The van der Waals surface area contributed by atoms with Gasteiger partial charge in [-0.2, -0.15) is 0 Å². The van der Waals surface area contributed by atoms with E-state index in [9.17, 15) is 9.59 Å². The fraction of sp³-hybridized carbons (Fsp3) is 0.684. The van der Waals surface area contributed by atoms with Gasteiger partial charge in [0.15, 0.2) is 11.5 Å². The monoisotopic (exact) mass is 332 g/mol. The van der Waals surface area contributed by atoms with Gasteiger partial charge in [-0.3, -0.25) is 14.5 Å². The molecule has 1 aliphatic heterocycles. The lowest BCUT2D eigenvalue weighted by Gasteiger charge is -2.31. The molecule has 1 saturated heterocycles. The average Bonchev–Trinajstić information content (AvgIpc) is 3.27. The first-order valence-corrected chi connectivity index (χ1v) is 9.24. The summed E-state index contributed by atoms with van der Waals surface area (Å²) in [6.45, 7) is 3.78. The van der Waals surface area contributed by atoms with Gasteiger partial charge in [0.25, 0.3) is 0 Å². The predicted molar refractivity (Wildman–Crippen MR) is 91.8 cm³/mol. The average molecular weight is 332 g/mol. The van der Waals surface area contributed by atoms with Crippen molar-refractivity contribution in [2.45, 2.75) is 64.0 Å². The van der Waals surface area contributed by atoms with Gasteiger partial charge in [-0.1, -0.05) is 19.3 Å². The Labute approximate surface area is 143 Å². The van der Waals surface area contributed by atoms with E-state index < -0.39 is 0 Å². The van der Waals surface area contributed by atoms with Gasteiger partial charge in [0, 0.05) is 25.0 Å². The summed E-state index contributed by atoms with van der Waals surface area (Å²) < 4.78 is 5.11. The quantitative estimate of drug-likeness (QED) is 0.814. The summed E-state index contributed by atoms with van der Waals surface area (Å²) in [7, 11) is 0. The van der Waals surface area contributed by atoms with Crippen molar-refractivity contribution in [2.75, 3.05) is 13.1 Å². The fourth-order valence-electron chi connectivity index (χ4n) is 4.01. The van der Waals surface area contributed by atoms with Crippen molar-refractivity contribution in [1.82, 2.24) is 10.2 Å². The molecule has 2 heterocycles. The van der Waals surface area contributed by atoms with Crippen LogP contribution in [-0.4, -0.2) is 41.8 Å². The number of ketones is 1. The highest BCUT2D eigenvalue weighted by atomic mass is 16.3. The third-order valence-electron chi connectivity index (χ3n) is 5.36. The predicted octanol–water partition coefficient (Wildman–Crippen LogP) is 3.01. The summed E-state index contributed by atoms with van der Waals surface area (Å²) in [5.74, 6) is 0.449. The standard InChI is InChI=1S/C19H28N2O3/c1-14(12-17(22)18-8-5-11-24-18)20-19(23)15-9-10-21(13-15)16-6-3-2-4-7-16/h5,8,11,14-16H,2-4,6-7,9-10,12-13H2,1H3,(H,20,23)/t14-,15+/m0/s1. The van der Waals surface area contributed by atoms with E-state index >= 15 is 0 Å². The first kappa shape index (κ1) is 17.2. The van der Waals surface area contributed by atoms with Crippen LogP contribution in [0.2, 0.25) is 0 Å². The van der Waals surface area contributed by atoms with Gasteiger partial charge in [-0.15, -0.1) is 0 Å². The van der Waals surface area contributed by atoms with Crippen molar-refractivity contribution in [1.29, 1.82) is 0 Å². The number of amides is 1. The Balaban J connectivity index is 1.44. The van der Waals surface area contributed by atoms with Gasteiger partial charge in [0.2, 0.25) is 5.91 Å². The Morgan fingerprint density at radius 3 is 2.79 bits per heavy atom. The molecule has 0 aromatic carbocycles. The van der Waals surface area contributed by atoms with E-state index in [1.54, 1.807) is 12.1 Å². The van der Waals surface area contributed by atoms with Gasteiger partial charge in [-0.25, -0.2) is 0 Å². The SMILES string of the molecule is C[C@@H](CC(=O)c1ccco1)NC(=O)[C@@H]1CCN(C2CCCCC2)C1. The fourth-order valence-corrected chi connectivity index (χ4v) is 4.01. The van der Waals surface area contributed by atoms with E-state index in [0.29, 0.717) is 11.8 Å². The lowest BCUT2D eigenvalue weighted by atomic mass is 9.94. The van der Waals surface area contributed by atoms with Crippen LogP contribution < -0.4 is 5.32 Å². The molecule has 1 aliphatic carbocycles. The minimum Gasteiger partial charge on any atom is -0.461 e. The Morgan fingerprint density at radius 2 is 2.08 bits per heavy atom. The zero-order chi connectivity index (χ0) is 16.9. The number of nitrogens with one attached hydrogen (secondary N) is 1. The third-order valence-corrected chi connectivity index (χ3v) is 5.36. The van der Waals surface area contributed by atoms with Crippen molar-refractivity contribution in [2.24, 2.45) is 5.92 Å². The summed E-state index contributed by atoms with van der Waals surface area (Å²) in [5, 5.41) is 3.01. The van der Waals surface area contributed by atoms with Crippen LogP contribution in [0.5, 0.6) is 0 Å². The number of nitrogens with zero attached hydrogens (tertiary/aromatic N) is 1. The molecule has 0 unspecified atom stereocenters. The second-order valence-electron chi connectivity index (χ2n) is 7.29. The molecular formula is C19H28N2O3. The van der Waals surface area contributed by atoms with Crippen LogP contribution in [0.25, 0.3) is 0 Å². The highest BCUT2D eigenvalue weighted by molar-refractivity contribution is 5.94. The number of likely N-dealkylation sites (tertiary alicyclic amines) is 1. The molecular weight excluding hydrogens is 304 g/mol. The zero-order valence-corrected chi connectivity index (χ0v) is 14.5. The van der Waals surface area contributed by atoms with Gasteiger partial charge < -0.3 is 9.73 Å². The molecule has 132 valence electrons. The number of Topliss-reactive ketones (excluding diaryl/α,β-unsaturated/α-hetero) is 1. The molecule has 5 heteroatoms. The van der Waals surface area contributed by atoms with Crippen LogP contribution in [-0.2, 0) is 4.79 Å². The Morgan fingerprint density at radius 1 is 1.29 bits per heavy atom. The normalized spacial score (nSPS) is 24.0. The van der Waals surface area contributed by atoms with Crippen LogP contribution in [0.15, 0.2) is 22.8 Å². The Bertz CT molecular complexity index is 549. The number of carbonyl (C=O) groups is 2. The molecule has 3 rings (SSSR count). The highest BCUT2D eigenvalue weighted by Crippen LogP contribution is 2.27. The lowest BCUT2D eigenvalue weighted by Crippen LogP contribution is -2.40. The molecule has 1 aromatic heterocycles. The minimum absolute atomic E-state index is 0.0630. The second-order valence-corrected chi connectivity index (χ2v) is 7.29. The van der Waals surface area contributed by atoms with Crippen molar-refractivity contribution >= 4 is 11.7 Å². The maximum atomic E-state index is 12.5. The second kappa shape index (κ2) is 7.97. The molecule has 2 aliphatic rings. The van der Waals surface area contributed by atoms with Crippen molar-refractivity contribution in [3.05, 3.63) is 24.2 Å². The summed E-state index contributed by atoms with van der Waals surface area (Å²) >= 11 is 0. The molecule has 2 fully saturated rings. The lowest BCUT2D eigenvalue weighted by molar-refractivity contribution is -0.125. The molecule has 1 N–H and O–H groups in total. The van der Waals surface area contributed by atoms with E-state index in [1.165, 1.54) is 38.4 Å². The van der Waals surface area contributed by atoms with Crippen LogP contribution in [0.4, 0.5) is 0 Å². The molecule has 1 amide bonds. The summed E-state index contributed by atoms with van der Waals surface area (Å²) in [5.41, 5.74) is 0. The number of furan rings is 1. The molecule has 1 saturated carbocycles. The number of rotatable bonds is 6.